The Hall–Kier alpha value is -2.95. The van der Waals surface area contributed by atoms with E-state index in [-0.39, 0.29) is 23.8 Å². The van der Waals surface area contributed by atoms with Crippen LogP contribution in [0.4, 0.5) is 10.5 Å². The number of phenolic OH excluding ortho intramolecular Hbond substituents is 1. The number of rotatable bonds is 11. The normalized spacial score (nSPS) is 15.8. The van der Waals surface area contributed by atoms with E-state index in [1.54, 1.807) is 0 Å². The quantitative estimate of drug-likeness (QED) is 0.194. The summed E-state index contributed by atoms with van der Waals surface area (Å²) in [5.41, 5.74) is 3.77. The van der Waals surface area contributed by atoms with E-state index in [0.717, 1.165) is 43.2 Å². The second-order valence-electron chi connectivity index (χ2n) is 10.6. The summed E-state index contributed by atoms with van der Waals surface area (Å²) in [6.45, 7) is 8.81. The molecule has 1 atom stereocenters. The Morgan fingerprint density at radius 2 is 1.89 bits per heavy atom. The van der Waals surface area contributed by atoms with Gasteiger partial charge in [0.15, 0.2) is 6.73 Å². The summed E-state index contributed by atoms with van der Waals surface area (Å²) < 4.78 is 11.4. The topological polar surface area (TPSA) is 59.0 Å². The zero-order valence-electron chi connectivity index (χ0n) is 22.7. The van der Waals surface area contributed by atoms with E-state index >= 15 is 0 Å². The number of unbranched alkanes of at least 4 members (excludes halogenated alkanes) is 3. The van der Waals surface area contributed by atoms with E-state index in [4.69, 9.17) is 9.47 Å². The molecule has 5 heteroatoms. The molecule has 0 saturated carbocycles. The second kappa shape index (κ2) is 12.8. The number of carbonyl (C=O) groups excluding carboxylic acids is 1. The third kappa shape index (κ3) is 7.05. The van der Waals surface area contributed by atoms with Crippen LogP contribution >= 0.6 is 0 Å². The summed E-state index contributed by atoms with van der Waals surface area (Å²) in [6, 6.07) is 13.4. The number of hydrogen-bond donors (Lipinski definition) is 1. The van der Waals surface area contributed by atoms with Gasteiger partial charge in [0.1, 0.15) is 11.5 Å². The van der Waals surface area contributed by atoms with E-state index in [9.17, 15) is 9.90 Å². The van der Waals surface area contributed by atoms with Gasteiger partial charge < -0.3 is 14.6 Å². The number of anilines is 1. The number of benzene rings is 2. The smallest absolute Gasteiger partial charge is 0.416 e. The predicted molar refractivity (Wildman–Crippen MR) is 147 cm³/mol. The van der Waals surface area contributed by atoms with Crippen molar-refractivity contribution in [3.05, 3.63) is 65.2 Å². The standard InChI is InChI=1S/C31H43NO4/c1-6-7-8-12-18-31(3,4)25-20-27(33)29(24-15-13-14-23(2)19-24)28(21-25)36-22-32(30(34)35-5)26-16-10-9-11-17-26/h9-11,16-17,19-21,24,33H,6-8,12-15,18,22H2,1-5H3. The van der Waals surface area contributed by atoms with Crippen molar-refractivity contribution in [2.24, 2.45) is 0 Å². The van der Waals surface area contributed by atoms with Crippen LogP contribution in [0, 0.1) is 0 Å². The van der Waals surface area contributed by atoms with Crippen LogP contribution in [0.1, 0.15) is 96.1 Å². The molecule has 36 heavy (non-hydrogen) atoms. The highest BCUT2D eigenvalue weighted by Crippen LogP contribution is 2.44. The minimum atomic E-state index is -0.493. The Kier molecular flexibility index (Phi) is 9.86. The van der Waals surface area contributed by atoms with Gasteiger partial charge in [0.05, 0.1) is 12.8 Å². The van der Waals surface area contributed by atoms with Gasteiger partial charge in [0, 0.05) is 11.5 Å². The Morgan fingerprint density at radius 1 is 1.14 bits per heavy atom. The van der Waals surface area contributed by atoms with Gasteiger partial charge in [-0.25, -0.2) is 9.69 Å². The summed E-state index contributed by atoms with van der Waals surface area (Å²) in [6.07, 6.45) is 10.7. The van der Waals surface area contributed by atoms with Gasteiger partial charge in [-0.05, 0) is 67.9 Å². The number of hydrogen-bond acceptors (Lipinski definition) is 4. The van der Waals surface area contributed by atoms with E-state index in [0.29, 0.717) is 11.4 Å². The van der Waals surface area contributed by atoms with Gasteiger partial charge in [-0.2, -0.15) is 0 Å². The number of ether oxygens (including phenoxy) is 2. The second-order valence-corrected chi connectivity index (χ2v) is 10.6. The average Bonchev–Trinajstić information content (AvgIpc) is 2.87. The predicted octanol–water partition coefficient (Wildman–Crippen LogP) is 8.46. The Balaban J connectivity index is 1.96. The number of phenols is 1. The van der Waals surface area contributed by atoms with Gasteiger partial charge >= 0.3 is 6.09 Å². The molecule has 0 spiro atoms. The number of allylic oxidation sites excluding steroid dienone is 2. The first-order valence-electron chi connectivity index (χ1n) is 13.3. The van der Waals surface area contributed by atoms with Gasteiger partial charge in [-0.15, -0.1) is 0 Å². The molecule has 1 aliphatic rings. The van der Waals surface area contributed by atoms with Crippen molar-refractivity contribution in [3.8, 4) is 11.5 Å². The highest BCUT2D eigenvalue weighted by molar-refractivity contribution is 5.87. The summed E-state index contributed by atoms with van der Waals surface area (Å²) in [5, 5.41) is 11.3. The third-order valence-corrected chi connectivity index (χ3v) is 7.31. The number of carbonyl (C=O) groups is 1. The first kappa shape index (κ1) is 27.6. The number of para-hydroxylation sites is 1. The molecule has 3 rings (SSSR count). The molecule has 0 aromatic heterocycles. The molecular formula is C31H43NO4. The molecule has 1 N–H and O–H groups in total. The summed E-state index contributed by atoms with van der Waals surface area (Å²) in [4.78, 5) is 14.1. The van der Waals surface area contributed by atoms with Crippen LogP contribution in [0.25, 0.3) is 0 Å². The molecule has 1 unspecified atom stereocenters. The molecule has 0 fully saturated rings. The summed E-state index contributed by atoms with van der Waals surface area (Å²) >= 11 is 0. The third-order valence-electron chi connectivity index (χ3n) is 7.31. The molecule has 1 amide bonds. The Bertz CT molecular complexity index is 1030. The van der Waals surface area contributed by atoms with E-state index < -0.39 is 6.09 Å². The van der Waals surface area contributed by atoms with Crippen molar-refractivity contribution in [1.29, 1.82) is 0 Å². The van der Waals surface area contributed by atoms with Crippen LogP contribution in [0.2, 0.25) is 0 Å². The van der Waals surface area contributed by atoms with Gasteiger partial charge in [-0.3, -0.25) is 0 Å². The van der Waals surface area contributed by atoms with E-state index in [2.05, 4.69) is 39.8 Å². The molecule has 0 saturated heterocycles. The Morgan fingerprint density at radius 3 is 2.56 bits per heavy atom. The van der Waals surface area contributed by atoms with Crippen LogP contribution in [0.15, 0.2) is 54.1 Å². The monoisotopic (exact) mass is 493 g/mol. The van der Waals surface area contributed by atoms with E-state index in [1.165, 1.54) is 36.8 Å². The molecule has 5 nitrogen and oxygen atoms in total. The lowest BCUT2D eigenvalue weighted by Crippen LogP contribution is -2.34. The van der Waals surface area contributed by atoms with Crippen LogP contribution in [-0.2, 0) is 10.2 Å². The maximum Gasteiger partial charge on any atom is 0.416 e. The largest absolute Gasteiger partial charge is 0.507 e. The van der Waals surface area contributed by atoms with Crippen LogP contribution in [0.5, 0.6) is 11.5 Å². The molecule has 196 valence electrons. The van der Waals surface area contributed by atoms with E-state index in [1.807, 2.05) is 36.4 Å². The van der Waals surface area contributed by atoms with Crippen molar-refractivity contribution < 1.29 is 19.4 Å². The summed E-state index contributed by atoms with van der Waals surface area (Å²) in [5.74, 6) is 0.982. The number of aromatic hydroxyl groups is 1. The maximum absolute atomic E-state index is 12.6. The van der Waals surface area contributed by atoms with Crippen molar-refractivity contribution in [3.63, 3.8) is 0 Å². The van der Waals surface area contributed by atoms with Gasteiger partial charge in [0.2, 0.25) is 0 Å². The van der Waals surface area contributed by atoms with Crippen LogP contribution in [0.3, 0.4) is 0 Å². The molecule has 0 heterocycles. The molecule has 2 aromatic carbocycles. The van der Waals surface area contributed by atoms with Gasteiger partial charge in [-0.1, -0.05) is 76.3 Å². The van der Waals surface area contributed by atoms with Crippen molar-refractivity contribution in [2.45, 2.75) is 90.4 Å². The van der Waals surface area contributed by atoms with Crippen LogP contribution in [-0.4, -0.2) is 25.0 Å². The Labute approximate surface area is 217 Å². The maximum atomic E-state index is 12.6. The molecular weight excluding hydrogens is 450 g/mol. The molecule has 2 aromatic rings. The first-order valence-corrected chi connectivity index (χ1v) is 13.3. The molecule has 0 bridgehead atoms. The fraction of sp³-hybridized carbons (Fsp3) is 0.516. The highest BCUT2D eigenvalue weighted by atomic mass is 16.6. The van der Waals surface area contributed by atoms with Crippen molar-refractivity contribution >= 4 is 11.8 Å². The number of methoxy groups -OCH3 is 1. The molecule has 0 aliphatic heterocycles. The highest BCUT2D eigenvalue weighted by Gasteiger charge is 2.28. The fourth-order valence-corrected chi connectivity index (χ4v) is 5.06. The van der Waals surface area contributed by atoms with Gasteiger partial charge in [0.25, 0.3) is 0 Å². The number of nitrogens with zero attached hydrogens (tertiary/aromatic N) is 1. The number of amides is 1. The molecule has 0 radical (unpaired) electrons. The minimum absolute atomic E-state index is 0.0150. The fourth-order valence-electron chi connectivity index (χ4n) is 5.06. The van der Waals surface area contributed by atoms with Crippen molar-refractivity contribution in [2.75, 3.05) is 18.7 Å². The SMILES string of the molecule is CCCCCCC(C)(C)c1cc(O)c(C2C=C(C)CCC2)c(OCN(C(=O)OC)c2ccccc2)c1. The van der Waals surface area contributed by atoms with Crippen LogP contribution < -0.4 is 9.64 Å². The van der Waals surface area contributed by atoms with Crippen molar-refractivity contribution in [1.82, 2.24) is 0 Å². The molecule has 1 aliphatic carbocycles. The zero-order valence-corrected chi connectivity index (χ0v) is 22.7. The minimum Gasteiger partial charge on any atom is -0.507 e. The lowest BCUT2D eigenvalue weighted by molar-refractivity contribution is 0.170. The zero-order chi connectivity index (χ0) is 26.1. The average molecular weight is 494 g/mol. The lowest BCUT2D eigenvalue weighted by Gasteiger charge is -2.30. The lowest BCUT2D eigenvalue weighted by atomic mass is 9.78. The summed E-state index contributed by atoms with van der Waals surface area (Å²) in [7, 11) is 1.37. The first-order chi connectivity index (χ1) is 17.3.